The summed E-state index contributed by atoms with van der Waals surface area (Å²) in [4.78, 5) is 30.3. The maximum absolute atomic E-state index is 12.2. The van der Waals surface area contributed by atoms with Crippen molar-refractivity contribution in [2.75, 3.05) is 12.4 Å². The minimum Gasteiger partial charge on any atom is -0.465 e. The number of carbonyl (C=O) groups excluding carboxylic acids is 2. The lowest BCUT2D eigenvalue weighted by Gasteiger charge is -1.99. The molecule has 0 aliphatic rings. The van der Waals surface area contributed by atoms with Gasteiger partial charge in [0.1, 0.15) is 4.88 Å². The van der Waals surface area contributed by atoms with Gasteiger partial charge < -0.3 is 4.74 Å². The molecule has 0 atom stereocenters. The van der Waals surface area contributed by atoms with Gasteiger partial charge in [-0.2, -0.15) is 0 Å². The van der Waals surface area contributed by atoms with Gasteiger partial charge >= 0.3 is 5.97 Å². The maximum atomic E-state index is 12.2. The summed E-state index contributed by atoms with van der Waals surface area (Å²) in [6, 6.07) is 1.84. The molecule has 1 N–H and O–H groups in total. The number of hydrogen-bond donors (Lipinski definition) is 1. The van der Waals surface area contributed by atoms with E-state index in [1.54, 1.807) is 18.3 Å². The molecule has 7 heteroatoms. The average Bonchev–Trinajstić information content (AvgIpc) is 2.91. The Kier molecular flexibility index (Phi) is 4.20. The van der Waals surface area contributed by atoms with Gasteiger partial charge in [-0.25, -0.2) is 9.78 Å². The van der Waals surface area contributed by atoms with Crippen molar-refractivity contribution < 1.29 is 14.3 Å². The molecule has 0 saturated carbocycles. The van der Waals surface area contributed by atoms with Gasteiger partial charge in [0, 0.05) is 9.75 Å². The summed E-state index contributed by atoms with van der Waals surface area (Å²) in [5.41, 5.74) is 1.19. The van der Waals surface area contributed by atoms with Gasteiger partial charge in [-0.1, -0.05) is 11.3 Å². The van der Waals surface area contributed by atoms with Crippen molar-refractivity contribution in [3.8, 4) is 0 Å². The van der Waals surface area contributed by atoms with Gasteiger partial charge in [0.2, 0.25) is 0 Å². The van der Waals surface area contributed by atoms with Crippen LogP contribution in [0, 0.1) is 20.8 Å². The van der Waals surface area contributed by atoms with Crippen LogP contribution in [0.2, 0.25) is 0 Å². The standard InChI is InChI=1S/C13H14N2O3S2/c1-6-5-9(8(3)19-6)11(16)15-13-14-7(2)10(20-13)12(17)18-4/h5H,1-4H3,(H,14,15,16). The third-order valence-corrected chi connectivity index (χ3v) is 4.69. The minimum atomic E-state index is -0.442. The van der Waals surface area contributed by atoms with Crippen LogP contribution in [0.25, 0.3) is 0 Å². The molecule has 0 spiro atoms. The summed E-state index contributed by atoms with van der Waals surface area (Å²) in [6.07, 6.45) is 0. The first-order valence-corrected chi connectivity index (χ1v) is 7.49. The van der Waals surface area contributed by atoms with Crippen molar-refractivity contribution in [2.24, 2.45) is 0 Å². The number of rotatable bonds is 3. The molecule has 0 radical (unpaired) electrons. The molecule has 0 aliphatic heterocycles. The summed E-state index contributed by atoms with van der Waals surface area (Å²) >= 11 is 2.69. The first-order valence-electron chi connectivity index (χ1n) is 5.86. The Morgan fingerprint density at radius 3 is 2.50 bits per heavy atom. The number of thiophene rings is 1. The Morgan fingerprint density at radius 1 is 1.25 bits per heavy atom. The van der Waals surface area contributed by atoms with E-state index in [0.29, 0.717) is 21.3 Å². The van der Waals surface area contributed by atoms with Crippen molar-refractivity contribution in [3.63, 3.8) is 0 Å². The minimum absolute atomic E-state index is 0.211. The molecule has 0 aliphatic carbocycles. The number of nitrogens with one attached hydrogen (secondary N) is 1. The lowest BCUT2D eigenvalue weighted by atomic mass is 10.2. The van der Waals surface area contributed by atoms with E-state index in [1.807, 2.05) is 19.9 Å². The van der Waals surface area contributed by atoms with E-state index in [0.717, 1.165) is 21.1 Å². The number of thiazole rings is 1. The summed E-state index contributed by atoms with van der Waals surface area (Å²) in [5.74, 6) is -0.653. The maximum Gasteiger partial charge on any atom is 0.350 e. The Bertz CT molecular complexity index is 673. The number of hydrogen-bond acceptors (Lipinski definition) is 6. The van der Waals surface area contributed by atoms with Crippen LogP contribution in [0.4, 0.5) is 5.13 Å². The molecule has 5 nitrogen and oxygen atoms in total. The van der Waals surface area contributed by atoms with Crippen LogP contribution < -0.4 is 5.32 Å². The van der Waals surface area contributed by atoms with E-state index in [1.165, 1.54) is 7.11 Å². The highest BCUT2D eigenvalue weighted by atomic mass is 32.1. The van der Waals surface area contributed by atoms with Crippen molar-refractivity contribution >= 4 is 39.7 Å². The number of esters is 1. The molecule has 0 fully saturated rings. The molecule has 2 aromatic rings. The monoisotopic (exact) mass is 310 g/mol. The van der Waals surface area contributed by atoms with Crippen LogP contribution in [0.1, 0.15) is 35.5 Å². The quantitative estimate of drug-likeness (QED) is 0.884. The second kappa shape index (κ2) is 5.72. The van der Waals surface area contributed by atoms with E-state index < -0.39 is 5.97 Å². The molecule has 106 valence electrons. The number of carbonyl (C=O) groups is 2. The van der Waals surface area contributed by atoms with Gasteiger partial charge in [-0.15, -0.1) is 11.3 Å². The highest BCUT2D eigenvalue weighted by molar-refractivity contribution is 7.17. The molecular weight excluding hydrogens is 296 g/mol. The van der Waals surface area contributed by atoms with Crippen LogP contribution in [0.3, 0.4) is 0 Å². The molecule has 0 bridgehead atoms. The Balaban J connectivity index is 2.20. The molecule has 2 rings (SSSR count). The van der Waals surface area contributed by atoms with Gasteiger partial charge in [-0.3, -0.25) is 10.1 Å². The first kappa shape index (κ1) is 14.7. The Hall–Kier alpha value is -1.73. The molecule has 0 aromatic carbocycles. The smallest absolute Gasteiger partial charge is 0.350 e. The van der Waals surface area contributed by atoms with Crippen molar-refractivity contribution in [3.05, 3.63) is 32.0 Å². The van der Waals surface area contributed by atoms with Crippen LogP contribution in [-0.2, 0) is 4.74 Å². The highest BCUT2D eigenvalue weighted by Crippen LogP contribution is 2.25. The summed E-state index contributed by atoms with van der Waals surface area (Å²) in [6.45, 7) is 5.56. The number of aromatic nitrogens is 1. The van der Waals surface area contributed by atoms with Gasteiger partial charge in [0.05, 0.1) is 18.4 Å². The molecule has 1 amide bonds. The normalized spacial score (nSPS) is 10.4. The molecule has 2 heterocycles. The Morgan fingerprint density at radius 2 is 1.95 bits per heavy atom. The SMILES string of the molecule is COC(=O)c1sc(NC(=O)c2cc(C)sc2C)nc1C. The van der Waals surface area contributed by atoms with Gasteiger partial charge in [-0.05, 0) is 26.8 Å². The lowest BCUT2D eigenvalue weighted by molar-refractivity contribution is 0.0605. The van der Waals surface area contributed by atoms with E-state index in [2.05, 4.69) is 15.0 Å². The fraction of sp³-hybridized carbons (Fsp3) is 0.308. The fourth-order valence-corrected chi connectivity index (χ4v) is 3.55. The predicted octanol–water partition coefficient (Wildman–Crippen LogP) is 3.17. The molecule has 0 saturated heterocycles. The zero-order valence-corrected chi connectivity index (χ0v) is 13.2. The topological polar surface area (TPSA) is 68.3 Å². The average molecular weight is 310 g/mol. The third kappa shape index (κ3) is 2.88. The van der Waals surface area contributed by atoms with Crippen LogP contribution >= 0.6 is 22.7 Å². The third-order valence-electron chi connectivity index (χ3n) is 2.67. The second-order valence-corrected chi connectivity index (χ2v) is 6.67. The van der Waals surface area contributed by atoms with Crippen LogP contribution in [0.15, 0.2) is 6.07 Å². The van der Waals surface area contributed by atoms with Crippen molar-refractivity contribution in [1.82, 2.24) is 4.98 Å². The van der Waals surface area contributed by atoms with Crippen LogP contribution in [-0.4, -0.2) is 24.0 Å². The Labute approximate surface area is 124 Å². The van der Waals surface area contributed by atoms with Crippen molar-refractivity contribution in [1.29, 1.82) is 0 Å². The summed E-state index contributed by atoms with van der Waals surface area (Å²) < 4.78 is 4.66. The zero-order chi connectivity index (χ0) is 14.9. The molecule has 20 heavy (non-hydrogen) atoms. The highest BCUT2D eigenvalue weighted by Gasteiger charge is 2.18. The van der Waals surface area contributed by atoms with Gasteiger partial charge in [0.15, 0.2) is 5.13 Å². The number of amides is 1. The number of anilines is 1. The first-order chi connectivity index (χ1) is 9.42. The fourth-order valence-electron chi connectivity index (χ4n) is 1.75. The lowest BCUT2D eigenvalue weighted by Crippen LogP contribution is -2.11. The van der Waals surface area contributed by atoms with E-state index in [-0.39, 0.29) is 5.91 Å². The summed E-state index contributed by atoms with van der Waals surface area (Å²) in [5, 5.41) is 3.12. The molecule has 2 aromatic heterocycles. The second-order valence-electron chi connectivity index (χ2n) is 4.21. The summed E-state index contributed by atoms with van der Waals surface area (Å²) in [7, 11) is 1.32. The van der Waals surface area contributed by atoms with E-state index in [4.69, 9.17) is 0 Å². The molecule has 0 unspecified atom stereocenters. The predicted molar refractivity (Wildman–Crippen MR) is 79.9 cm³/mol. The van der Waals surface area contributed by atoms with E-state index in [9.17, 15) is 9.59 Å². The number of aryl methyl sites for hydroxylation is 3. The van der Waals surface area contributed by atoms with E-state index >= 15 is 0 Å². The zero-order valence-electron chi connectivity index (χ0n) is 11.6. The van der Waals surface area contributed by atoms with Gasteiger partial charge in [0.25, 0.3) is 5.91 Å². The number of ether oxygens (including phenoxy) is 1. The largest absolute Gasteiger partial charge is 0.465 e. The number of methoxy groups -OCH3 is 1. The molecular formula is C13H14N2O3S2. The van der Waals surface area contributed by atoms with Crippen LogP contribution in [0.5, 0.6) is 0 Å². The van der Waals surface area contributed by atoms with Crippen molar-refractivity contribution in [2.45, 2.75) is 20.8 Å². The number of nitrogens with zero attached hydrogens (tertiary/aromatic N) is 1.